The van der Waals surface area contributed by atoms with Crippen LogP contribution in [0.3, 0.4) is 0 Å². The predicted octanol–water partition coefficient (Wildman–Crippen LogP) is 3.65. The number of carboxylic acids is 1. The highest BCUT2D eigenvalue weighted by molar-refractivity contribution is 5.85. The lowest BCUT2D eigenvalue weighted by Crippen LogP contribution is -2.00. The number of rotatable bonds is 6. The van der Waals surface area contributed by atoms with Gasteiger partial charge in [0.15, 0.2) is 11.6 Å². The van der Waals surface area contributed by atoms with Crippen LogP contribution in [0.1, 0.15) is 11.1 Å². The quantitative estimate of drug-likeness (QED) is 0.826. The lowest BCUT2D eigenvalue weighted by molar-refractivity contribution is -0.131. The Morgan fingerprint density at radius 1 is 1.17 bits per heavy atom. The molecule has 0 bridgehead atoms. The van der Waals surface area contributed by atoms with E-state index in [-0.39, 0.29) is 12.4 Å². The Balaban J connectivity index is 2.18. The highest BCUT2D eigenvalue weighted by Gasteiger charge is 2.07. The van der Waals surface area contributed by atoms with E-state index in [1.807, 2.05) is 0 Å². The molecule has 0 saturated heterocycles. The molecule has 0 aliphatic heterocycles. The van der Waals surface area contributed by atoms with Crippen LogP contribution in [0, 0.1) is 11.6 Å². The van der Waals surface area contributed by atoms with Gasteiger partial charge in [-0.1, -0.05) is 6.07 Å². The molecule has 6 heteroatoms. The Labute approximate surface area is 131 Å². The highest BCUT2D eigenvalue weighted by atomic mass is 19.2. The van der Waals surface area contributed by atoms with Crippen molar-refractivity contribution in [3.63, 3.8) is 0 Å². The van der Waals surface area contributed by atoms with Crippen molar-refractivity contribution < 1.29 is 28.2 Å². The van der Waals surface area contributed by atoms with E-state index in [4.69, 9.17) is 14.6 Å². The number of halogens is 2. The van der Waals surface area contributed by atoms with Gasteiger partial charge in [-0.05, 0) is 35.9 Å². The minimum absolute atomic E-state index is 0.0585. The van der Waals surface area contributed by atoms with Gasteiger partial charge >= 0.3 is 5.97 Å². The summed E-state index contributed by atoms with van der Waals surface area (Å²) in [4.78, 5) is 10.5. The Bertz CT molecular complexity index is 741. The lowest BCUT2D eigenvalue weighted by Gasteiger charge is -2.11. The van der Waals surface area contributed by atoms with Crippen molar-refractivity contribution >= 4 is 12.0 Å². The fourth-order valence-electron chi connectivity index (χ4n) is 1.91. The molecule has 120 valence electrons. The van der Waals surface area contributed by atoms with Gasteiger partial charge in [0.05, 0.1) is 7.11 Å². The summed E-state index contributed by atoms with van der Waals surface area (Å²) in [5.41, 5.74) is 1.29. The van der Waals surface area contributed by atoms with E-state index in [1.54, 1.807) is 18.2 Å². The number of hydrogen-bond donors (Lipinski definition) is 1. The molecule has 0 aliphatic carbocycles. The van der Waals surface area contributed by atoms with Crippen LogP contribution >= 0.6 is 0 Å². The summed E-state index contributed by atoms with van der Waals surface area (Å²) >= 11 is 0. The van der Waals surface area contributed by atoms with E-state index in [0.717, 1.165) is 18.2 Å². The molecule has 2 rings (SSSR count). The van der Waals surface area contributed by atoms with Crippen molar-refractivity contribution in [2.24, 2.45) is 0 Å². The molecule has 1 N–H and O–H groups in total. The van der Waals surface area contributed by atoms with Gasteiger partial charge in [0.1, 0.15) is 18.1 Å². The molecular formula is C17H14F2O4. The minimum Gasteiger partial charge on any atom is -0.496 e. The monoisotopic (exact) mass is 320 g/mol. The number of hydrogen-bond acceptors (Lipinski definition) is 3. The molecule has 2 aromatic carbocycles. The van der Waals surface area contributed by atoms with E-state index in [2.05, 4.69) is 0 Å². The molecule has 23 heavy (non-hydrogen) atoms. The summed E-state index contributed by atoms with van der Waals surface area (Å²) in [6.45, 7) is 0.0585. The van der Waals surface area contributed by atoms with Gasteiger partial charge in [-0.25, -0.2) is 13.6 Å². The SMILES string of the molecule is COc1ccc(C=CC(=O)O)cc1COc1ccc(F)c(F)c1. The van der Waals surface area contributed by atoms with Crippen molar-refractivity contribution in [3.8, 4) is 11.5 Å². The largest absolute Gasteiger partial charge is 0.496 e. The summed E-state index contributed by atoms with van der Waals surface area (Å²) in [6.07, 6.45) is 2.45. The van der Waals surface area contributed by atoms with Crippen LogP contribution in [0.5, 0.6) is 11.5 Å². The van der Waals surface area contributed by atoms with Crippen LogP contribution in [0.2, 0.25) is 0 Å². The molecule has 0 amide bonds. The second-order valence-corrected chi connectivity index (χ2v) is 4.61. The fourth-order valence-corrected chi connectivity index (χ4v) is 1.91. The molecule has 0 atom stereocenters. The van der Waals surface area contributed by atoms with Gasteiger partial charge in [0, 0.05) is 17.7 Å². The molecule has 0 spiro atoms. The molecule has 0 heterocycles. The zero-order valence-corrected chi connectivity index (χ0v) is 12.3. The standard InChI is InChI=1S/C17H14F2O4/c1-22-16-6-2-11(3-7-17(20)21)8-12(16)10-23-13-4-5-14(18)15(19)9-13/h2-9H,10H2,1H3,(H,20,21). The Morgan fingerprint density at radius 2 is 1.96 bits per heavy atom. The molecular weight excluding hydrogens is 306 g/mol. The van der Waals surface area contributed by atoms with Crippen LogP contribution in [0.4, 0.5) is 8.78 Å². The zero-order valence-electron chi connectivity index (χ0n) is 12.3. The van der Waals surface area contributed by atoms with Gasteiger partial charge in [-0.15, -0.1) is 0 Å². The summed E-state index contributed by atoms with van der Waals surface area (Å²) in [5, 5.41) is 8.64. The van der Waals surface area contributed by atoms with E-state index < -0.39 is 17.6 Å². The molecule has 4 nitrogen and oxygen atoms in total. The lowest BCUT2D eigenvalue weighted by atomic mass is 10.1. The first-order valence-electron chi connectivity index (χ1n) is 6.65. The molecule has 0 aliphatic rings. The topological polar surface area (TPSA) is 55.8 Å². The second kappa shape index (κ2) is 7.40. The maximum absolute atomic E-state index is 13.1. The van der Waals surface area contributed by atoms with Crippen LogP contribution in [0.25, 0.3) is 6.08 Å². The van der Waals surface area contributed by atoms with Gasteiger partial charge in [-0.3, -0.25) is 0 Å². The second-order valence-electron chi connectivity index (χ2n) is 4.61. The van der Waals surface area contributed by atoms with Crippen molar-refractivity contribution in [2.45, 2.75) is 6.61 Å². The molecule has 0 aromatic heterocycles. The first-order chi connectivity index (χ1) is 11.0. The van der Waals surface area contributed by atoms with Gasteiger partial charge in [0.2, 0.25) is 0 Å². The first kappa shape index (κ1) is 16.5. The summed E-state index contributed by atoms with van der Waals surface area (Å²) in [6, 6.07) is 8.31. The Morgan fingerprint density at radius 3 is 2.61 bits per heavy atom. The van der Waals surface area contributed by atoms with Crippen LogP contribution in [-0.2, 0) is 11.4 Å². The summed E-state index contributed by atoms with van der Waals surface area (Å²) in [5.74, 6) is -2.28. The highest BCUT2D eigenvalue weighted by Crippen LogP contribution is 2.23. The Hall–Kier alpha value is -2.89. The number of aliphatic carboxylic acids is 1. The number of carbonyl (C=O) groups is 1. The number of ether oxygens (including phenoxy) is 2. The van der Waals surface area contributed by atoms with Crippen molar-refractivity contribution in [3.05, 3.63) is 65.2 Å². The third-order valence-corrected chi connectivity index (χ3v) is 3.01. The maximum atomic E-state index is 13.1. The third-order valence-electron chi connectivity index (χ3n) is 3.01. The molecule has 0 unspecified atom stereocenters. The average Bonchev–Trinajstić information content (AvgIpc) is 2.54. The number of benzene rings is 2. The van der Waals surface area contributed by atoms with E-state index in [0.29, 0.717) is 16.9 Å². The Kier molecular flexibility index (Phi) is 5.30. The van der Waals surface area contributed by atoms with E-state index in [1.165, 1.54) is 19.3 Å². The van der Waals surface area contributed by atoms with Crippen LogP contribution in [0.15, 0.2) is 42.5 Å². The first-order valence-corrected chi connectivity index (χ1v) is 6.65. The normalized spacial score (nSPS) is 10.7. The maximum Gasteiger partial charge on any atom is 0.328 e. The predicted molar refractivity (Wildman–Crippen MR) is 80.4 cm³/mol. The minimum atomic E-state index is -1.06. The molecule has 0 saturated carbocycles. The molecule has 0 fully saturated rings. The van der Waals surface area contributed by atoms with E-state index >= 15 is 0 Å². The molecule has 2 aromatic rings. The van der Waals surface area contributed by atoms with Gasteiger partial charge < -0.3 is 14.6 Å². The van der Waals surface area contributed by atoms with Crippen molar-refractivity contribution in [1.29, 1.82) is 0 Å². The molecule has 0 radical (unpaired) electrons. The van der Waals surface area contributed by atoms with Crippen molar-refractivity contribution in [2.75, 3.05) is 7.11 Å². The van der Waals surface area contributed by atoms with E-state index in [9.17, 15) is 13.6 Å². The summed E-state index contributed by atoms with van der Waals surface area (Å²) in [7, 11) is 1.49. The van der Waals surface area contributed by atoms with Crippen LogP contribution in [-0.4, -0.2) is 18.2 Å². The van der Waals surface area contributed by atoms with Gasteiger partial charge in [-0.2, -0.15) is 0 Å². The number of methoxy groups -OCH3 is 1. The average molecular weight is 320 g/mol. The fraction of sp³-hybridized carbons (Fsp3) is 0.118. The van der Waals surface area contributed by atoms with Crippen molar-refractivity contribution in [1.82, 2.24) is 0 Å². The van der Waals surface area contributed by atoms with Crippen LogP contribution < -0.4 is 9.47 Å². The van der Waals surface area contributed by atoms with Gasteiger partial charge in [0.25, 0.3) is 0 Å². The third kappa shape index (κ3) is 4.54. The zero-order chi connectivity index (χ0) is 16.8. The smallest absolute Gasteiger partial charge is 0.328 e. The number of carboxylic acid groups (broad SMARTS) is 1. The summed E-state index contributed by atoms with van der Waals surface area (Å²) < 4.78 is 36.7.